The molecule has 1 amide bonds. The summed E-state index contributed by atoms with van der Waals surface area (Å²) in [6, 6.07) is 11.9. The van der Waals surface area contributed by atoms with E-state index in [1.165, 1.54) is 17.3 Å². The molecule has 0 aliphatic carbocycles. The highest BCUT2D eigenvalue weighted by atomic mass is 32.1. The largest absolute Gasteiger partial charge is 0.432 e. The molecule has 1 atom stereocenters. The lowest BCUT2D eigenvalue weighted by molar-refractivity contribution is -0.115. The molecule has 0 saturated heterocycles. The number of benzene rings is 1. The highest BCUT2D eigenvalue weighted by Gasteiger charge is 2.09. The third-order valence-electron chi connectivity index (χ3n) is 4.23. The van der Waals surface area contributed by atoms with E-state index >= 15 is 0 Å². The molecule has 162 valence electrons. The summed E-state index contributed by atoms with van der Waals surface area (Å²) in [6.07, 6.45) is 2.28. The van der Waals surface area contributed by atoms with Crippen molar-refractivity contribution in [3.8, 4) is 0 Å². The summed E-state index contributed by atoms with van der Waals surface area (Å²) in [7, 11) is 1.82. The summed E-state index contributed by atoms with van der Waals surface area (Å²) in [6.45, 7) is 4.49. The van der Waals surface area contributed by atoms with E-state index in [-0.39, 0.29) is 24.9 Å². The van der Waals surface area contributed by atoms with Gasteiger partial charge in [0.25, 0.3) is 0 Å². The molecule has 3 N–H and O–H groups in total. The Bertz CT molecular complexity index is 849. The number of hydrogen-bond acceptors (Lipinski definition) is 7. The van der Waals surface area contributed by atoms with Crippen molar-refractivity contribution in [1.29, 1.82) is 0 Å². The maximum Gasteiger partial charge on any atom is 0.301 e. The first kappa shape index (κ1) is 23.6. The van der Waals surface area contributed by atoms with E-state index in [1.54, 1.807) is 0 Å². The van der Waals surface area contributed by atoms with Crippen molar-refractivity contribution in [3.63, 3.8) is 0 Å². The van der Waals surface area contributed by atoms with Crippen LogP contribution in [-0.2, 0) is 11.2 Å². The zero-order valence-corrected chi connectivity index (χ0v) is 18.3. The van der Waals surface area contributed by atoms with Crippen molar-refractivity contribution in [2.24, 2.45) is 0 Å². The third kappa shape index (κ3) is 7.98. The third-order valence-corrected chi connectivity index (χ3v) is 5.40. The predicted octanol–water partition coefficient (Wildman–Crippen LogP) is 3.52. The summed E-state index contributed by atoms with van der Waals surface area (Å²) in [5.41, 5.74) is 1.74. The first-order valence-electron chi connectivity index (χ1n) is 9.70. The van der Waals surface area contributed by atoms with Crippen LogP contribution in [0, 0.1) is 0 Å². The smallest absolute Gasteiger partial charge is 0.301 e. The predicted molar refractivity (Wildman–Crippen MR) is 120 cm³/mol. The number of thiophene rings is 1. The monoisotopic (exact) mass is 431 g/mol. The molecule has 0 radical (unpaired) electrons. The topological polar surface area (TPSA) is 98.8 Å². The molecule has 1 unspecified atom stereocenters. The number of amides is 1. The number of carbonyl (C=O) groups is 1. The average Bonchev–Trinajstić information content (AvgIpc) is 3.43. The second kappa shape index (κ2) is 12.1. The van der Waals surface area contributed by atoms with Gasteiger partial charge in [0, 0.05) is 24.2 Å². The van der Waals surface area contributed by atoms with Crippen molar-refractivity contribution in [2.45, 2.75) is 32.3 Å². The molecule has 0 spiro atoms. The fraction of sp³-hybridized carbons (Fsp3) is 0.364. The lowest BCUT2D eigenvalue weighted by Crippen LogP contribution is -2.31. The fourth-order valence-corrected chi connectivity index (χ4v) is 3.34. The molecule has 8 heteroatoms. The van der Waals surface area contributed by atoms with Crippen molar-refractivity contribution >= 4 is 28.9 Å². The van der Waals surface area contributed by atoms with Gasteiger partial charge in [-0.3, -0.25) is 10.1 Å². The Kier molecular flexibility index (Phi) is 9.53. The summed E-state index contributed by atoms with van der Waals surface area (Å²) in [4.78, 5) is 18.9. The van der Waals surface area contributed by atoms with Gasteiger partial charge in [0.05, 0.1) is 25.3 Å². The molecule has 3 aromatic rings. The van der Waals surface area contributed by atoms with Crippen LogP contribution in [0.15, 0.2) is 58.7 Å². The van der Waals surface area contributed by atoms with E-state index in [2.05, 4.69) is 41.7 Å². The van der Waals surface area contributed by atoms with Crippen LogP contribution in [0.3, 0.4) is 0 Å². The molecular weight excluding hydrogens is 402 g/mol. The number of anilines is 2. The molecule has 0 aliphatic heterocycles. The normalized spacial score (nSPS) is 11.5. The van der Waals surface area contributed by atoms with Crippen molar-refractivity contribution < 1.29 is 19.4 Å². The van der Waals surface area contributed by atoms with Gasteiger partial charge in [0.2, 0.25) is 5.91 Å². The standard InChI is InChI=1S/C15H19N3O4.C7H10S/c1-18(9-13(20)10-19)12-4-2-11(3-5-12)8-14(21)17-15-16-6-7-22-15;1-6(2)7-4-3-5-8-7/h2-7,13,19-20H,8-10H2,1H3,(H,16,17,21);3-6H,1-2H3. The summed E-state index contributed by atoms with van der Waals surface area (Å²) in [5, 5.41) is 22.9. The van der Waals surface area contributed by atoms with Gasteiger partial charge in [-0.1, -0.05) is 32.0 Å². The molecule has 2 heterocycles. The lowest BCUT2D eigenvalue weighted by atomic mass is 10.1. The van der Waals surface area contributed by atoms with Crippen LogP contribution in [0.1, 0.15) is 30.2 Å². The number of hydrogen-bond donors (Lipinski definition) is 3. The van der Waals surface area contributed by atoms with Gasteiger partial charge >= 0.3 is 6.01 Å². The number of aromatic nitrogens is 1. The second-order valence-electron chi connectivity index (χ2n) is 7.12. The zero-order chi connectivity index (χ0) is 21.9. The van der Waals surface area contributed by atoms with E-state index in [9.17, 15) is 9.90 Å². The van der Waals surface area contributed by atoms with Crippen molar-refractivity contribution in [3.05, 3.63) is 64.7 Å². The number of carbonyl (C=O) groups excluding carboxylic acids is 1. The van der Waals surface area contributed by atoms with Crippen molar-refractivity contribution in [1.82, 2.24) is 4.98 Å². The number of nitrogens with one attached hydrogen (secondary N) is 1. The Hall–Kier alpha value is -2.68. The molecule has 0 aliphatic rings. The van der Waals surface area contributed by atoms with Crippen LogP contribution >= 0.6 is 11.3 Å². The van der Waals surface area contributed by atoms with E-state index in [0.29, 0.717) is 12.5 Å². The molecule has 0 bridgehead atoms. The summed E-state index contributed by atoms with van der Waals surface area (Å²) < 4.78 is 4.95. The maximum atomic E-state index is 11.8. The van der Waals surface area contributed by atoms with E-state index in [4.69, 9.17) is 9.52 Å². The first-order chi connectivity index (χ1) is 14.4. The molecule has 3 rings (SSSR count). The van der Waals surface area contributed by atoms with Crippen molar-refractivity contribution in [2.75, 3.05) is 30.4 Å². The number of aliphatic hydroxyl groups excluding tert-OH is 2. The summed E-state index contributed by atoms with van der Waals surface area (Å²) in [5.74, 6) is 0.495. The van der Waals surface area contributed by atoms with Crippen LogP contribution in [-0.4, -0.2) is 47.4 Å². The number of likely N-dealkylation sites (N-methyl/N-ethyl adjacent to an activating group) is 1. The Morgan fingerprint density at radius 3 is 2.50 bits per heavy atom. The Morgan fingerprint density at radius 2 is 2.00 bits per heavy atom. The highest BCUT2D eigenvalue weighted by molar-refractivity contribution is 7.10. The minimum atomic E-state index is -0.781. The molecule has 1 aromatic carbocycles. The molecular formula is C22H29N3O4S. The summed E-state index contributed by atoms with van der Waals surface area (Å²) >= 11 is 1.83. The van der Waals surface area contributed by atoms with Crippen LogP contribution in [0.4, 0.5) is 11.7 Å². The fourth-order valence-electron chi connectivity index (χ4n) is 2.60. The molecule has 2 aromatic heterocycles. The van der Waals surface area contributed by atoms with E-state index < -0.39 is 6.10 Å². The van der Waals surface area contributed by atoms with Gasteiger partial charge in [-0.15, -0.1) is 11.3 Å². The van der Waals surface area contributed by atoms with Gasteiger partial charge in [-0.05, 0) is 35.1 Å². The maximum absolute atomic E-state index is 11.8. The van der Waals surface area contributed by atoms with Crippen LogP contribution in [0.5, 0.6) is 0 Å². The second-order valence-corrected chi connectivity index (χ2v) is 8.09. The van der Waals surface area contributed by atoms with Crippen LogP contribution in [0.2, 0.25) is 0 Å². The minimum Gasteiger partial charge on any atom is -0.432 e. The quantitative estimate of drug-likeness (QED) is 0.505. The Morgan fingerprint density at radius 1 is 1.27 bits per heavy atom. The lowest BCUT2D eigenvalue weighted by Gasteiger charge is -2.21. The Labute approximate surface area is 181 Å². The molecule has 7 nitrogen and oxygen atoms in total. The van der Waals surface area contributed by atoms with E-state index in [1.807, 2.05) is 47.5 Å². The average molecular weight is 432 g/mol. The zero-order valence-electron chi connectivity index (χ0n) is 17.5. The molecule has 0 saturated carbocycles. The minimum absolute atomic E-state index is 0.180. The number of aliphatic hydroxyl groups is 2. The SMILES string of the molecule is CC(C)c1cccs1.CN(CC(O)CO)c1ccc(CC(=O)Nc2ncco2)cc1. The molecule has 30 heavy (non-hydrogen) atoms. The number of rotatable bonds is 8. The van der Waals surface area contributed by atoms with Crippen LogP contribution in [0.25, 0.3) is 0 Å². The van der Waals surface area contributed by atoms with Gasteiger partial charge in [-0.25, -0.2) is 4.98 Å². The van der Waals surface area contributed by atoms with Gasteiger partial charge < -0.3 is 19.5 Å². The number of oxazole rings is 1. The first-order valence-corrected chi connectivity index (χ1v) is 10.6. The van der Waals surface area contributed by atoms with Gasteiger partial charge in [-0.2, -0.15) is 0 Å². The van der Waals surface area contributed by atoms with Gasteiger partial charge in [0.15, 0.2) is 0 Å². The highest BCUT2D eigenvalue weighted by Crippen LogP contribution is 2.19. The van der Waals surface area contributed by atoms with Crippen LogP contribution < -0.4 is 10.2 Å². The number of nitrogens with zero attached hydrogens (tertiary/aromatic N) is 2. The van der Waals surface area contributed by atoms with Gasteiger partial charge in [0.1, 0.15) is 6.26 Å². The Balaban J connectivity index is 0.000000335. The molecule has 0 fully saturated rings. The van der Waals surface area contributed by atoms with E-state index in [0.717, 1.165) is 11.3 Å².